The summed E-state index contributed by atoms with van der Waals surface area (Å²) in [5.41, 5.74) is 2.84. The predicted octanol–water partition coefficient (Wildman–Crippen LogP) is 7.86. The van der Waals surface area contributed by atoms with E-state index in [2.05, 4.69) is 18.0 Å². The Hall–Kier alpha value is -1.41. The third kappa shape index (κ3) is 6.04. The van der Waals surface area contributed by atoms with Crippen LogP contribution in [0.15, 0.2) is 36.5 Å². The first-order valence-corrected chi connectivity index (χ1v) is 10.9. The van der Waals surface area contributed by atoms with Crippen LogP contribution in [0.5, 0.6) is 0 Å². The molecule has 0 unspecified atom stereocenters. The number of aromatic nitrogens is 1. The van der Waals surface area contributed by atoms with Crippen molar-refractivity contribution in [3.8, 4) is 11.3 Å². The highest BCUT2D eigenvalue weighted by Gasteiger charge is 2.20. The quantitative estimate of drug-likeness (QED) is 0.420. The van der Waals surface area contributed by atoms with Crippen molar-refractivity contribution in [1.29, 1.82) is 0 Å². The van der Waals surface area contributed by atoms with Crippen molar-refractivity contribution < 1.29 is 4.39 Å². The van der Waals surface area contributed by atoms with Crippen LogP contribution in [-0.2, 0) is 6.42 Å². The van der Waals surface area contributed by atoms with Gasteiger partial charge in [-0.15, -0.1) is 0 Å². The summed E-state index contributed by atoms with van der Waals surface area (Å²) in [4.78, 5) is 4.53. The van der Waals surface area contributed by atoms with Crippen molar-refractivity contribution in [3.63, 3.8) is 0 Å². The lowest BCUT2D eigenvalue weighted by Gasteiger charge is -2.28. The monoisotopic (exact) mass is 387 g/mol. The van der Waals surface area contributed by atoms with E-state index in [0.29, 0.717) is 0 Å². The standard InChI is InChI=1S/C24H31ClFN/c1-2-3-4-5-18-6-8-19(9-7-18)10-11-20-12-15-24(27-17-20)21-13-14-22(25)23(26)16-21/h12-19H,2-11H2,1H3/t18-,19-. The number of nitrogens with zero attached hydrogens (tertiary/aromatic N) is 1. The maximum Gasteiger partial charge on any atom is 0.142 e. The van der Waals surface area contributed by atoms with Crippen LogP contribution in [0.3, 0.4) is 0 Å². The van der Waals surface area contributed by atoms with Crippen LogP contribution in [0.2, 0.25) is 5.02 Å². The lowest BCUT2D eigenvalue weighted by Crippen LogP contribution is -2.15. The van der Waals surface area contributed by atoms with Crippen LogP contribution >= 0.6 is 11.6 Å². The second kappa shape index (κ2) is 10.2. The smallest absolute Gasteiger partial charge is 0.142 e. The van der Waals surface area contributed by atoms with Gasteiger partial charge in [-0.05, 0) is 48.4 Å². The van der Waals surface area contributed by atoms with E-state index in [0.717, 1.165) is 29.5 Å². The van der Waals surface area contributed by atoms with Crippen molar-refractivity contribution in [1.82, 2.24) is 4.98 Å². The Morgan fingerprint density at radius 2 is 1.74 bits per heavy atom. The van der Waals surface area contributed by atoms with E-state index in [1.54, 1.807) is 6.07 Å². The molecule has 0 spiro atoms. The van der Waals surface area contributed by atoms with Gasteiger partial charge in [0.25, 0.3) is 0 Å². The largest absolute Gasteiger partial charge is 0.256 e. The lowest BCUT2D eigenvalue weighted by molar-refractivity contribution is 0.249. The van der Waals surface area contributed by atoms with Gasteiger partial charge in [-0.3, -0.25) is 4.98 Å². The summed E-state index contributed by atoms with van der Waals surface area (Å²) >= 11 is 5.75. The molecule has 1 aromatic heterocycles. The summed E-state index contributed by atoms with van der Waals surface area (Å²) in [6.45, 7) is 2.28. The first-order valence-electron chi connectivity index (χ1n) is 10.6. The molecule has 0 atom stereocenters. The Bertz CT molecular complexity index is 705. The average molecular weight is 388 g/mol. The molecule has 0 bridgehead atoms. The van der Waals surface area contributed by atoms with Crippen LogP contribution in [-0.4, -0.2) is 4.98 Å². The number of unbranched alkanes of at least 4 members (excludes halogenated alkanes) is 2. The van der Waals surface area contributed by atoms with Crippen LogP contribution in [0.25, 0.3) is 11.3 Å². The highest BCUT2D eigenvalue weighted by Crippen LogP contribution is 2.34. The summed E-state index contributed by atoms with van der Waals surface area (Å²) < 4.78 is 13.6. The normalized spacial score (nSPS) is 20.0. The zero-order chi connectivity index (χ0) is 19.1. The number of rotatable bonds is 8. The molecule has 2 aromatic rings. The molecule has 1 fully saturated rings. The molecular weight excluding hydrogens is 357 g/mol. The molecule has 1 aliphatic rings. The first-order chi connectivity index (χ1) is 13.2. The molecule has 0 amide bonds. The molecule has 0 radical (unpaired) electrons. The van der Waals surface area contributed by atoms with Gasteiger partial charge >= 0.3 is 0 Å². The minimum absolute atomic E-state index is 0.149. The molecule has 27 heavy (non-hydrogen) atoms. The summed E-state index contributed by atoms with van der Waals surface area (Å²) in [5, 5.41) is 0.149. The Labute approximate surface area is 168 Å². The molecule has 1 heterocycles. The van der Waals surface area contributed by atoms with E-state index in [1.807, 2.05) is 18.3 Å². The van der Waals surface area contributed by atoms with Crippen molar-refractivity contribution in [2.45, 2.75) is 71.1 Å². The zero-order valence-electron chi connectivity index (χ0n) is 16.4. The highest BCUT2D eigenvalue weighted by atomic mass is 35.5. The number of halogens is 2. The summed E-state index contributed by atoms with van der Waals surface area (Å²) in [5.74, 6) is 1.45. The second-order valence-corrected chi connectivity index (χ2v) is 8.51. The van der Waals surface area contributed by atoms with Crippen LogP contribution < -0.4 is 0 Å². The van der Waals surface area contributed by atoms with Gasteiger partial charge in [0.15, 0.2) is 0 Å². The molecule has 1 aliphatic carbocycles. The molecule has 3 rings (SSSR count). The molecule has 146 valence electrons. The topological polar surface area (TPSA) is 12.9 Å². The minimum atomic E-state index is -0.398. The van der Waals surface area contributed by atoms with E-state index in [4.69, 9.17) is 11.6 Å². The molecule has 0 saturated heterocycles. The Kier molecular flexibility index (Phi) is 7.70. The fourth-order valence-electron chi connectivity index (χ4n) is 4.26. The number of aryl methyl sites for hydroxylation is 1. The first kappa shape index (κ1) is 20.3. The molecule has 1 saturated carbocycles. The maximum absolute atomic E-state index is 13.6. The Morgan fingerprint density at radius 3 is 2.37 bits per heavy atom. The molecular formula is C24H31ClFN. The van der Waals surface area contributed by atoms with Gasteiger partial charge in [0.05, 0.1) is 10.7 Å². The van der Waals surface area contributed by atoms with Gasteiger partial charge in [-0.1, -0.05) is 82.0 Å². The number of hydrogen-bond donors (Lipinski definition) is 0. The predicted molar refractivity (Wildman–Crippen MR) is 113 cm³/mol. The summed E-state index contributed by atoms with van der Waals surface area (Å²) in [6, 6.07) is 8.96. The summed E-state index contributed by atoms with van der Waals surface area (Å²) in [6.07, 6.45) is 15.5. The second-order valence-electron chi connectivity index (χ2n) is 8.10. The van der Waals surface area contributed by atoms with Crippen molar-refractivity contribution >= 4 is 11.6 Å². The fourth-order valence-corrected chi connectivity index (χ4v) is 4.38. The fraction of sp³-hybridized carbons (Fsp3) is 0.542. The number of hydrogen-bond acceptors (Lipinski definition) is 1. The van der Waals surface area contributed by atoms with Gasteiger partial charge < -0.3 is 0 Å². The van der Waals surface area contributed by atoms with Gasteiger partial charge in [0.1, 0.15) is 5.82 Å². The van der Waals surface area contributed by atoms with Crippen LogP contribution in [0.4, 0.5) is 4.39 Å². The minimum Gasteiger partial charge on any atom is -0.256 e. The lowest BCUT2D eigenvalue weighted by atomic mass is 9.78. The van der Waals surface area contributed by atoms with Gasteiger partial charge in [-0.25, -0.2) is 4.39 Å². The highest BCUT2D eigenvalue weighted by molar-refractivity contribution is 6.30. The van der Waals surface area contributed by atoms with E-state index in [1.165, 1.54) is 69.4 Å². The molecule has 0 N–H and O–H groups in total. The van der Waals surface area contributed by atoms with Crippen molar-refractivity contribution in [3.05, 3.63) is 52.9 Å². The number of benzene rings is 1. The maximum atomic E-state index is 13.6. The summed E-state index contributed by atoms with van der Waals surface area (Å²) in [7, 11) is 0. The van der Waals surface area contributed by atoms with Gasteiger partial charge in [0, 0.05) is 11.8 Å². The molecule has 1 nitrogen and oxygen atoms in total. The zero-order valence-corrected chi connectivity index (χ0v) is 17.1. The van der Waals surface area contributed by atoms with Crippen LogP contribution in [0.1, 0.15) is 70.3 Å². The van der Waals surface area contributed by atoms with Gasteiger partial charge in [0.2, 0.25) is 0 Å². The molecule has 1 aromatic carbocycles. The van der Waals surface area contributed by atoms with Gasteiger partial charge in [-0.2, -0.15) is 0 Å². The Balaban J connectivity index is 1.45. The van der Waals surface area contributed by atoms with Crippen molar-refractivity contribution in [2.75, 3.05) is 0 Å². The van der Waals surface area contributed by atoms with Crippen molar-refractivity contribution in [2.24, 2.45) is 11.8 Å². The van der Waals surface area contributed by atoms with E-state index < -0.39 is 5.82 Å². The van der Waals surface area contributed by atoms with Crippen LogP contribution in [0, 0.1) is 17.7 Å². The van der Waals surface area contributed by atoms with E-state index in [-0.39, 0.29) is 5.02 Å². The average Bonchev–Trinajstić information content (AvgIpc) is 2.70. The third-order valence-electron chi connectivity index (χ3n) is 6.06. The molecule has 0 aliphatic heterocycles. The third-order valence-corrected chi connectivity index (χ3v) is 6.37. The Morgan fingerprint density at radius 1 is 1.00 bits per heavy atom. The van der Waals surface area contributed by atoms with E-state index in [9.17, 15) is 4.39 Å². The van der Waals surface area contributed by atoms with E-state index >= 15 is 0 Å². The molecule has 3 heteroatoms. The SMILES string of the molecule is CCCCC[C@H]1CC[C@H](CCc2ccc(-c3ccc(Cl)c(F)c3)nc2)CC1. The number of pyridine rings is 1.